The van der Waals surface area contributed by atoms with Crippen molar-refractivity contribution in [3.05, 3.63) is 0 Å². The Hall–Kier alpha value is -0.650. The summed E-state index contributed by atoms with van der Waals surface area (Å²) >= 11 is 0. The number of amides is 1. The minimum Gasteiger partial charge on any atom is -0.368 e. The lowest BCUT2D eigenvalue weighted by molar-refractivity contribution is -0.126. The third-order valence-corrected chi connectivity index (χ3v) is 3.28. The van der Waals surface area contributed by atoms with E-state index in [9.17, 15) is 4.79 Å². The number of piperidine rings is 1. The fourth-order valence-electron chi connectivity index (χ4n) is 2.56. The van der Waals surface area contributed by atoms with Gasteiger partial charge in [0.2, 0.25) is 5.91 Å². The summed E-state index contributed by atoms with van der Waals surface area (Å²) in [5, 5.41) is 0. The molecule has 5 heteroatoms. The molecule has 86 valence electrons. The van der Waals surface area contributed by atoms with Crippen LogP contribution in [0, 0.1) is 0 Å². The highest BCUT2D eigenvalue weighted by Crippen LogP contribution is 2.26. The van der Waals surface area contributed by atoms with Gasteiger partial charge in [0.05, 0.1) is 0 Å². The molecule has 0 radical (unpaired) electrons. The summed E-state index contributed by atoms with van der Waals surface area (Å²) in [4.78, 5) is 18.1. The number of hydroxylamine groups is 1. The van der Waals surface area contributed by atoms with Gasteiger partial charge in [-0.15, -0.1) is 0 Å². The van der Waals surface area contributed by atoms with Gasteiger partial charge in [0.15, 0.2) is 0 Å². The number of nitrogens with two attached hydrogens (primary N) is 1. The Labute approximate surface area is 89.9 Å². The number of fused-ring (bicyclic) bond motifs is 1. The molecule has 3 N–H and O–H groups in total. The predicted octanol–water partition coefficient (Wildman–Crippen LogP) is -0.380. The molecule has 2 heterocycles. The molecular formula is C10H19N3O2. The zero-order valence-corrected chi connectivity index (χ0v) is 8.95. The molecule has 1 amide bonds. The maximum Gasteiger partial charge on any atom is 0.245 e. The quantitative estimate of drug-likeness (QED) is 0.625. The second-order valence-electron chi connectivity index (χ2n) is 4.43. The standard InChI is InChI=1S/C10H19N3O2/c11-10(14)7-15-12-8-3-5-13-4-1-2-9(13)6-8/h8-9,12H,1-7H2,(H2,11,14). The molecule has 2 saturated heterocycles. The summed E-state index contributed by atoms with van der Waals surface area (Å²) in [5.74, 6) is -0.430. The van der Waals surface area contributed by atoms with Crippen LogP contribution >= 0.6 is 0 Å². The first-order chi connectivity index (χ1) is 7.25. The van der Waals surface area contributed by atoms with E-state index in [1.54, 1.807) is 0 Å². The SMILES string of the molecule is NC(=O)CONC1CCN2CCCC2C1. The molecular weight excluding hydrogens is 194 g/mol. The summed E-state index contributed by atoms with van der Waals surface area (Å²) in [5.41, 5.74) is 7.92. The monoisotopic (exact) mass is 213 g/mol. The van der Waals surface area contributed by atoms with Crippen LogP contribution in [0.2, 0.25) is 0 Å². The number of primary amides is 1. The van der Waals surface area contributed by atoms with Crippen molar-refractivity contribution in [2.24, 2.45) is 5.73 Å². The van der Waals surface area contributed by atoms with Gasteiger partial charge in [-0.3, -0.25) is 9.63 Å². The van der Waals surface area contributed by atoms with Gasteiger partial charge in [-0.05, 0) is 38.8 Å². The van der Waals surface area contributed by atoms with Crippen molar-refractivity contribution in [3.8, 4) is 0 Å². The summed E-state index contributed by atoms with van der Waals surface area (Å²) in [7, 11) is 0. The molecule has 0 aromatic heterocycles. The van der Waals surface area contributed by atoms with Gasteiger partial charge in [0, 0.05) is 12.1 Å². The molecule has 0 aromatic carbocycles. The van der Waals surface area contributed by atoms with Crippen molar-refractivity contribution in [1.29, 1.82) is 0 Å². The molecule has 2 aliphatic heterocycles. The topological polar surface area (TPSA) is 67.6 Å². The summed E-state index contributed by atoms with van der Waals surface area (Å²) < 4.78 is 0. The Kier molecular flexibility index (Phi) is 3.56. The van der Waals surface area contributed by atoms with Crippen LogP contribution in [0.1, 0.15) is 25.7 Å². The smallest absolute Gasteiger partial charge is 0.245 e. The van der Waals surface area contributed by atoms with Crippen molar-refractivity contribution in [2.75, 3.05) is 19.7 Å². The van der Waals surface area contributed by atoms with Gasteiger partial charge in [0.1, 0.15) is 6.61 Å². The van der Waals surface area contributed by atoms with Crippen molar-refractivity contribution in [3.63, 3.8) is 0 Å². The summed E-state index contributed by atoms with van der Waals surface area (Å²) in [6.45, 7) is 2.35. The number of nitrogens with one attached hydrogen (secondary N) is 1. The summed E-state index contributed by atoms with van der Waals surface area (Å²) in [6.07, 6.45) is 4.83. The second-order valence-corrected chi connectivity index (χ2v) is 4.43. The molecule has 15 heavy (non-hydrogen) atoms. The van der Waals surface area contributed by atoms with E-state index in [-0.39, 0.29) is 6.61 Å². The van der Waals surface area contributed by atoms with Gasteiger partial charge < -0.3 is 10.6 Å². The molecule has 2 rings (SSSR count). The van der Waals surface area contributed by atoms with Crippen LogP contribution in [-0.2, 0) is 9.63 Å². The first-order valence-corrected chi connectivity index (χ1v) is 5.65. The van der Waals surface area contributed by atoms with Crippen molar-refractivity contribution in [1.82, 2.24) is 10.4 Å². The lowest BCUT2D eigenvalue weighted by atomic mass is 9.98. The molecule has 2 aliphatic rings. The predicted molar refractivity (Wildman–Crippen MR) is 55.9 cm³/mol. The van der Waals surface area contributed by atoms with Gasteiger partial charge in [-0.2, -0.15) is 5.48 Å². The van der Waals surface area contributed by atoms with Crippen molar-refractivity contribution in [2.45, 2.75) is 37.8 Å². The Balaban J connectivity index is 1.68. The van der Waals surface area contributed by atoms with E-state index in [1.165, 1.54) is 19.4 Å². The van der Waals surface area contributed by atoms with E-state index in [0.717, 1.165) is 19.4 Å². The largest absolute Gasteiger partial charge is 0.368 e. The van der Waals surface area contributed by atoms with E-state index >= 15 is 0 Å². The average molecular weight is 213 g/mol. The van der Waals surface area contributed by atoms with Crippen molar-refractivity contribution >= 4 is 5.91 Å². The molecule has 0 bridgehead atoms. The van der Waals surface area contributed by atoms with Crippen LogP contribution < -0.4 is 11.2 Å². The van der Waals surface area contributed by atoms with E-state index in [4.69, 9.17) is 10.6 Å². The van der Waals surface area contributed by atoms with Crippen LogP contribution in [-0.4, -0.2) is 42.6 Å². The molecule has 2 fully saturated rings. The minimum absolute atomic E-state index is 0.0368. The van der Waals surface area contributed by atoms with Gasteiger partial charge in [-0.25, -0.2) is 0 Å². The molecule has 5 nitrogen and oxygen atoms in total. The van der Waals surface area contributed by atoms with E-state index < -0.39 is 5.91 Å². The Morgan fingerprint density at radius 3 is 3.13 bits per heavy atom. The second kappa shape index (κ2) is 4.92. The lowest BCUT2D eigenvalue weighted by Gasteiger charge is -2.34. The highest BCUT2D eigenvalue weighted by atomic mass is 16.6. The van der Waals surface area contributed by atoms with E-state index in [1.807, 2.05) is 0 Å². The van der Waals surface area contributed by atoms with Crippen LogP contribution in [0.5, 0.6) is 0 Å². The number of carbonyl (C=O) groups excluding carboxylic acids is 1. The zero-order chi connectivity index (χ0) is 10.7. The zero-order valence-electron chi connectivity index (χ0n) is 8.95. The van der Waals surface area contributed by atoms with Crippen LogP contribution in [0.4, 0.5) is 0 Å². The third-order valence-electron chi connectivity index (χ3n) is 3.28. The number of rotatable bonds is 4. The van der Waals surface area contributed by atoms with Crippen molar-refractivity contribution < 1.29 is 9.63 Å². The van der Waals surface area contributed by atoms with E-state index in [0.29, 0.717) is 12.1 Å². The molecule has 0 aromatic rings. The number of carbonyl (C=O) groups is 1. The maximum atomic E-state index is 10.5. The molecule has 0 saturated carbocycles. The van der Waals surface area contributed by atoms with E-state index in [2.05, 4.69) is 10.4 Å². The van der Waals surface area contributed by atoms with Gasteiger partial charge in [-0.1, -0.05) is 0 Å². The molecule has 2 atom stereocenters. The first kappa shape index (κ1) is 10.9. The molecule has 2 unspecified atom stereocenters. The number of hydrogen-bond acceptors (Lipinski definition) is 4. The molecule has 0 aliphatic carbocycles. The molecule has 0 spiro atoms. The van der Waals surface area contributed by atoms with Gasteiger partial charge in [0.25, 0.3) is 0 Å². The highest BCUT2D eigenvalue weighted by molar-refractivity contribution is 5.74. The fourth-order valence-corrected chi connectivity index (χ4v) is 2.56. The summed E-state index contributed by atoms with van der Waals surface area (Å²) in [6, 6.07) is 1.09. The lowest BCUT2D eigenvalue weighted by Crippen LogP contribution is -2.46. The van der Waals surface area contributed by atoms with Crippen LogP contribution in [0.3, 0.4) is 0 Å². The van der Waals surface area contributed by atoms with Crippen LogP contribution in [0.25, 0.3) is 0 Å². The highest BCUT2D eigenvalue weighted by Gasteiger charge is 2.31. The number of hydrogen-bond donors (Lipinski definition) is 2. The van der Waals surface area contributed by atoms with Crippen LogP contribution in [0.15, 0.2) is 0 Å². The fraction of sp³-hybridized carbons (Fsp3) is 0.900. The normalized spacial score (nSPS) is 31.5. The first-order valence-electron chi connectivity index (χ1n) is 5.65. The average Bonchev–Trinajstić information content (AvgIpc) is 2.64. The Bertz CT molecular complexity index is 235. The Morgan fingerprint density at radius 1 is 1.47 bits per heavy atom. The third kappa shape index (κ3) is 2.90. The Morgan fingerprint density at radius 2 is 2.33 bits per heavy atom. The maximum absolute atomic E-state index is 10.5. The number of nitrogens with zero attached hydrogens (tertiary/aromatic N) is 1. The van der Waals surface area contributed by atoms with Gasteiger partial charge >= 0.3 is 0 Å². The minimum atomic E-state index is -0.430.